The van der Waals surface area contributed by atoms with Crippen molar-refractivity contribution in [1.82, 2.24) is 10.2 Å². The number of likely N-dealkylation sites (tertiary alicyclic amines) is 1. The average molecular weight is 360 g/mol. The van der Waals surface area contributed by atoms with E-state index in [1.54, 1.807) is 0 Å². The number of amides is 2. The molecule has 3 N–H and O–H groups in total. The lowest BCUT2D eigenvalue weighted by Crippen LogP contribution is -2.49. The third-order valence-electron chi connectivity index (χ3n) is 4.93. The first-order valence-corrected chi connectivity index (χ1v) is 9.68. The number of aryl methyl sites for hydroxylation is 2. The van der Waals surface area contributed by atoms with Crippen molar-refractivity contribution < 1.29 is 9.59 Å². The van der Waals surface area contributed by atoms with Crippen LogP contribution >= 0.6 is 0 Å². The van der Waals surface area contributed by atoms with E-state index < -0.39 is 0 Å². The SMILES string of the molecule is Cc1cc(C)cc(C(=O)N2CCCC(C(=O)NC(CN)CC(C)C)C2)c1. The molecule has 1 fully saturated rings. The first kappa shape index (κ1) is 20.4. The standard InChI is InChI=1S/C21H33N3O2/c1-14(2)8-19(12-22)23-20(25)17-6-5-7-24(13-17)21(26)18-10-15(3)9-16(4)11-18/h9-11,14,17,19H,5-8,12-13,22H2,1-4H3,(H,23,25). The van der Waals surface area contributed by atoms with Crippen LogP contribution in [0.2, 0.25) is 0 Å². The minimum atomic E-state index is -0.153. The summed E-state index contributed by atoms with van der Waals surface area (Å²) in [6.45, 7) is 9.88. The molecule has 1 aliphatic heterocycles. The van der Waals surface area contributed by atoms with Crippen LogP contribution in [0.5, 0.6) is 0 Å². The monoisotopic (exact) mass is 359 g/mol. The van der Waals surface area contributed by atoms with Crippen molar-refractivity contribution in [2.24, 2.45) is 17.6 Å². The van der Waals surface area contributed by atoms with Crippen LogP contribution in [0.25, 0.3) is 0 Å². The molecule has 5 nitrogen and oxygen atoms in total. The summed E-state index contributed by atoms with van der Waals surface area (Å²) in [4.78, 5) is 27.3. The fourth-order valence-corrected chi connectivity index (χ4v) is 3.76. The molecule has 26 heavy (non-hydrogen) atoms. The van der Waals surface area contributed by atoms with Crippen LogP contribution in [0.4, 0.5) is 0 Å². The number of carbonyl (C=O) groups excluding carboxylic acids is 2. The zero-order valence-corrected chi connectivity index (χ0v) is 16.5. The highest BCUT2D eigenvalue weighted by molar-refractivity contribution is 5.95. The Balaban J connectivity index is 2.01. The Labute approximate surface area is 157 Å². The molecule has 1 saturated heterocycles. The lowest BCUT2D eigenvalue weighted by atomic mass is 9.95. The van der Waals surface area contributed by atoms with Gasteiger partial charge in [0.2, 0.25) is 5.91 Å². The molecule has 0 saturated carbocycles. The van der Waals surface area contributed by atoms with Crippen LogP contribution in [-0.2, 0) is 4.79 Å². The van der Waals surface area contributed by atoms with Gasteiger partial charge in [0.15, 0.2) is 0 Å². The summed E-state index contributed by atoms with van der Waals surface area (Å²) in [7, 11) is 0. The number of piperidine rings is 1. The van der Waals surface area contributed by atoms with Gasteiger partial charge in [0, 0.05) is 31.2 Å². The molecule has 0 radical (unpaired) electrons. The minimum Gasteiger partial charge on any atom is -0.352 e. The van der Waals surface area contributed by atoms with E-state index in [1.807, 2.05) is 30.9 Å². The predicted molar refractivity (Wildman–Crippen MR) is 105 cm³/mol. The van der Waals surface area contributed by atoms with Crippen molar-refractivity contribution in [3.63, 3.8) is 0 Å². The molecule has 2 atom stereocenters. The third kappa shape index (κ3) is 5.56. The predicted octanol–water partition coefficient (Wildman–Crippen LogP) is 2.65. The highest BCUT2D eigenvalue weighted by Gasteiger charge is 2.30. The van der Waals surface area contributed by atoms with Crippen LogP contribution in [0, 0.1) is 25.7 Å². The average Bonchev–Trinajstić information content (AvgIpc) is 2.59. The second-order valence-electron chi connectivity index (χ2n) is 8.04. The molecule has 5 heteroatoms. The van der Waals surface area contributed by atoms with E-state index in [1.165, 1.54) is 0 Å². The number of hydrogen-bond acceptors (Lipinski definition) is 3. The number of nitrogens with two attached hydrogens (primary N) is 1. The normalized spacial score (nSPS) is 18.7. The highest BCUT2D eigenvalue weighted by Crippen LogP contribution is 2.20. The maximum atomic E-state index is 12.9. The van der Waals surface area contributed by atoms with Gasteiger partial charge >= 0.3 is 0 Å². The van der Waals surface area contributed by atoms with E-state index in [2.05, 4.69) is 25.2 Å². The fourth-order valence-electron chi connectivity index (χ4n) is 3.76. The Bertz CT molecular complexity index is 622. The van der Waals surface area contributed by atoms with Gasteiger partial charge in [-0.25, -0.2) is 0 Å². The third-order valence-corrected chi connectivity index (χ3v) is 4.93. The van der Waals surface area contributed by atoms with Gasteiger partial charge in [0.25, 0.3) is 5.91 Å². The van der Waals surface area contributed by atoms with Crippen LogP contribution in [-0.4, -0.2) is 42.4 Å². The molecule has 2 rings (SSSR count). The van der Waals surface area contributed by atoms with E-state index in [4.69, 9.17) is 5.73 Å². The van der Waals surface area contributed by atoms with Gasteiger partial charge in [-0.2, -0.15) is 0 Å². The van der Waals surface area contributed by atoms with Gasteiger partial charge in [-0.05, 0) is 51.2 Å². The van der Waals surface area contributed by atoms with Crippen molar-refractivity contribution >= 4 is 11.8 Å². The van der Waals surface area contributed by atoms with Gasteiger partial charge in [0.05, 0.1) is 5.92 Å². The summed E-state index contributed by atoms with van der Waals surface area (Å²) >= 11 is 0. The van der Waals surface area contributed by atoms with E-state index >= 15 is 0 Å². The second kappa shape index (κ2) is 9.17. The van der Waals surface area contributed by atoms with Crippen LogP contribution in [0.3, 0.4) is 0 Å². The summed E-state index contributed by atoms with van der Waals surface area (Å²) in [5, 5.41) is 3.08. The summed E-state index contributed by atoms with van der Waals surface area (Å²) in [5.41, 5.74) is 8.68. The van der Waals surface area contributed by atoms with Crippen molar-refractivity contribution in [2.75, 3.05) is 19.6 Å². The van der Waals surface area contributed by atoms with Gasteiger partial charge in [-0.1, -0.05) is 31.0 Å². The molecule has 0 aliphatic carbocycles. The van der Waals surface area contributed by atoms with Crippen LogP contribution in [0.1, 0.15) is 54.6 Å². The Morgan fingerprint density at radius 3 is 2.46 bits per heavy atom. The molecular formula is C21H33N3O2. The molecule has 0 spiro atoms. The van der Waals surface area contributed by atoms with Crippen LogP contribution < -0.4 is 11.1 Å². The zero-order chi connectivity index (χ0) is 19.3. The number of nitrogens with one attached hydrogen (secondary N) is 1. The number of hydrogen-bond donors (Lipinski definition) is 2. The van der Waals surface area contributed by atoms with E-state index in [0.29, 0.717) is 31.1 Å². The smallest absolute Gasteiger partial charge is 0.253 e. The molecule has 1 aromatic rings. The number of rotatable bonds is 6. The molecule has 0 bridgehead atoms. The molecule has 2 amide bonds. The van der Waals surface area contributed by atoms with Gasteiger partial charge in [0.1, 0.15) is 0 Å². The van der Waals surface area contributed by atoms with Crippen molar-refractivity contribution in [1.29, 1.82) is 0 Å². The summed E-state index contributed by atoms with van der Waals surface area (Å²) in [5.74, 6) is 0.378. The Morgan fingerprint density at radius 2 is 1.88 bits per heavy atom. The maximum Gasteiger partial charge on any atom is 0.253 e. The molecule has 0 aromatic heterocycles. The molecule has 144 valence electrons. The fraction of sp³-hybridized carbons (Fsp3) is 0.619. The zero-order valence-electron chi connectivity index (χ0n) is 16.5. The quantitative estimate of drug-likeness (QED) is 0.820. The van der Waals surface area contributed by atoms with Gasteiger partial charge in [-0.3, -0.25) is 9.59 Å². The lowest BCUT2D eigenvalue weighted by molar-refractivity contribution is -0.127. The summed E-state index contributed by atoms with van der Waals surface area (Å²) < 4.78 is 0. The van der Waals surface area contributed by atoms with Gasteiger partial charge in [-0.15, -0.1) is 0 Å². The minimum absolute atomic E-state index is 0.00741. The Kier molecular flexibility index (Phi) is 7.21. The number of carbonyl (C=O) groups is 2. The molecular weight excluding hydrogens is 326 g/mol. The number of nitrogens with zero attached hydrogens (tertiary/aromatic N) is 1. The van der Waals surface area contributed by atoms with E-state index in [9.17, 15) is 9.59 Å². The van der Waals surface area contributed by atoms with Crippen LogP contribution in [0.15, 0.2) is 18.2 Å². The molecule has 1 heterocycles. The largest absolute Gasteiger partial charge is 0.352 e. The lowest BCUT2D eigenvalue weighted by Gasteiger charge is -2.33. The summed E-state index contributed by atoms with van der Waals surface area (Å²) in [6, 6.07) is 5.91. The number of benzene rings is 1. The molecule has 2 unspecified atom stereocenters. The Hall–Kier alpha value is -1.88. The Morgan fingerprint density at radius 1 is 1.23 bits per heavy atom. The topological polar surface area (TPSA) is 75.4 Å². The molecule has 1 aliphatic rings. The van der Waals surface area contributed by atoms with Crippen molar-refractivity contribution in [3.05, 3.63) is 34.9 Å². The highest BCUT2D eigenvalue weighted by atomic mass is 16.2. The molecule has 1 aromatic carbocycles. The van der Waals surface area contributed by atoms with Crippen molar-refractivity contribution in [3.8, 4) is 0 Å². The van der Waals surface area contributed by atoms with E-state index in [-0.39, 0.29) is 23.8 Å². The first-order chi connectivity index (χ1) is 12.3. The first-order valence-electron chi connectivity index (χ1n) is 9.68. The maximum absolute atomic E-state index is 12.9. The summed E-state index contributed by atoms with van der Waals surface area (Å²) in [6.07, 6.45) is 2.55. The van der Waals surface area contributed by atoms with Crippen molar-refractivity contribution in [2.45, 2.75) is 53.0 Å². The van der Waals surface area contributed by atoms with E-state index in [0.717, 1.165) is 30.4 Å². The van der Waals surface area contributed by atoms with Gasteiger partial charge < -0.3 is 16.0 Å². The second-order valence-corrected chi connectivity index (χ2v) is 8.04.